The summed E-state index contributed by atoms with van der Waals surface area (Å²) < 4.78 is 10.1. The van der Waals surface area contributed by atoms with Gasteiger partial charge >= 0.3 is 12.1 Å². The number of amides is 3. The van der Waals surface area contributed by atoms with Gasteiger partial charge in [-0.15, -0.1) is 0 Å². The SMILES string of the molecule is CCOC(=O)[C@H](CC(C)C)NC(=O)[C@H](CC(N)=O)NC(=O)OCc1ccccc1. The van der Waals surface area contributed by atoms with E-state index in [1.54, 1.807) is 31.2 Å². The van der Waals surface area contributed by atoms with Gasteiger partial charge in [0.15, 0.2) is 0 Å². The van der Waals surface area contributed by atoms with E-state index in [1.807, 2.05) is 19.9 Å². The molecule has 0 heterocycles. The second-order valence-electron chi connectivity index (χ2n) is 6.87. The van der Waals surface area contributed by atoms with Gasteiger partial charge in [0.25, 0.3) is 0 Å². The molecular weight excluding hydrogens is 378 g/mol. The number of ether oxygens (including phenoxy) is 2. The Morgan fingerprint density at radius 2 is 1.66 bits per heavy atom. The van der Waals surface area contributed by atoms with E-state index in [4.69, 9.17) is 15.2 Å². The topological polar surface area (TPSA) is 137 Å². The van der Waals surface area contributed by atoms with Crippen LogP contribution in [-0.4, -0.2) is 42.6 Å². The first-order valence-electron chi connectivity index (χ1n) is 9.45. The Bertz CT molecular complexity index is 693. The zero-order valence-corrected chi connectivity index (χ0v) is 17.0. The number of alkyl carbamates (subject to hydrolysis) is 1. The van der Waals surface area contributed by atoms with Gasteiger partial charge in [0.05, 0.1) is 13.0 Å². The van der Waals surface area contributed by atoms with E-state index in [-0.39, 0.29) is 19.1 Å². The summed E-state index contributed by atoms with van der Waals surface area (Å²) in [6.45, 7) is 5.59. The monoisotopic (exact) mass is 407 g/mol. The van der Waals surface area contributed by atoms with E-state index in [0.717, 1.165) is 5.56 Å². The van der Waals surface area contributed by atoms with E-state index >= 15 is 0 Å². The average molecular weight is 407 g/mol. The minimum absolute atomic E-state index is 0.00359. The molecular formula is C20H29N3O6. The summed E-state index contributed by atoms with van der Waals surface area (Å²) in [7, 11) is 0. The number of carbonyl (C=O) groups is 4. The van der Waals surface area contributed by atoms with Crippen molar-refractivity contribution in [2.45, 2.75) is 52.3 Å². The fourth-order valence-electron chi connectivity index (χ4n) is 2.52. The fourth-order valence-corrected chi connectivity index (χ4v) is 2.52. The molecule has 1 rings (SSSR count). The molecule has 160 valence electrons. The molecule has 0 saturated carbocycles. The van der Waals surface area contributed by atoms with Crippen LogP contribution in [0.3, 0.4) is 0 Å². The highest BCUT2D eigenvalue weighted by Crippen LogP contribution is 2.08. The Morgan fingerprint density at radius 3 is 2.21 bits per heavy atom. The molecule has 0 radical (unpaired) electrons. The third kappa shape index (κ3) is 9.59. The first-order valence-corrected chi connectivity index (χ1v) is 9.45. The molecule has 1 aromatic rings. The number of primary amides is 1. The maximum absolute atomic E-state index is 12.6. The van der Waals surface area contributed by atoms with Gasteiger partial charge in [-0.05, 0) is 24.8 Å². The molecule has 2 atom stereocenters. The van der Waals surface area contributed by atoms with Gasteiger partial charge < -0.3 is 25.8 Å². The summed E-state index contributed by atoms with van der Waals surface area (Å²) in [5, 5.41) is 4.85. The number of hydrogen-bond acceptors (Lipinski definition) is 6. The predicted octanol–water partition coefficient (Wildman–Crippen LogP) is 1.25. The number of benzene rings is 1. The van der Waals surface area contributed by atoms with Crippen LogP contribution in [0.5, 0.6) is 0 Å². The average Bonchev–Trinajstić information content (AvgIpc) is 2.65. The van der Waals surface area contributed by atoms with Crippen molar-refractivity contribution in [3.63, 3.8) is 0 Å². The highest BCUT2D eigenvalue weighted by atomic mass is 16.5. The molecule has 1 aromatic carbocycles. The first kappa shape index (κ1) is 23.9. The highest BCUT2D eigenvalue weighted by Gasteiger charge is 2.29. The van der Waals surface area contributed by atoms with Gasteiger partial charge in [-0.25, -0.2) is 9.59 Å². The van der Waals surface area contributed by atoms with Crippen molar-refractivity contribution in [1.82, 2.24) is 10.6 Å². The summed E-state index contributed by atoms with van der Waals surface area (Å²) >= 11 is 0. The normalized spacial score (nSPS) is 12.6. The molecule has 3 amide bonds. The van der Waals surface area contributed by atoms with Crippen LogP contribution < -0.4 is 16.4 Å². The predicted molar refractivity (Wildman–Crippen MR) is 105 cm³/mol. The first-order chi connectivity index (χ1) is 13.7. The van der Waals surface area contributed by atoms with Crippen molar-refractivity contribution in [2.24, 2.45) is 11.7 Å². The number of esters is 1. The largest absolute Gasteiger partial charge is 0.464 e. The van der Waals surface area contributed by atoms with Crippen LogP contribution in [0.25, 0.3) is 0 Å². The second kappa shape index (κ2) is 12.4. The van der Waals surface area contributed by atoms with Crippen LogP contribution in [0.1, 0.15) is 39.2 Å². The minimum atomic E-state index is -1.28. The Hall–Kier alpha value is -3.10. The van der Waals surface area contributed by atoms with Crippen molar-refractivity contribution < 1.29 is 28.7 Å². The van der Waals surface area contributed by atoms with Gasteiger partial charge in [-0.3, -0.25) is 9.59 Å². The molecule has 0 aliphatic heterocycles. The minimum Gasteiger partial charge on any atom is -0.464 e. The number of hydrogen-bond donors (Lipinski definition) is 3. The molecule has 0 aliphatic rings. The third-order valence-electron chi connectivity index (χ3n) is 3.82. The molecule has 0 bridgehead atoms. The number of carbonyl (C=O) groups excluding carboxylic acids is 4. The molecule has 0 aliphatic carbocycles. The quantitative estimate of drug-likeness (QED) is 0.472. The summed E-state index contributed by atoms with van der Waals surface area (Å²) in [6.07, 6.45) is -0.984. The van der Waals surface area contributed by atoms with Crippen molar-refractivity contribution in [1.29, 1.82) is 0 Å². The molecule has 0 spiro atoms. The van der Waals surface area contributed by atoms with E-state index in [9.17, 15) is 19.2 Å². The molecule has 0 saturated heterocycles. The Balaban J connectivity index is 2.75. The molecule has 9 nitrogen and oxygen atoms in total. The zero-order valence-electron chi connectivity index (χ0n) is 17.0. The Morgan fingerprint density at radius 1 is 1.00 bits per heavy atom. The number of rotatable bonds is 11. The molecule has 0 aromatic heterocycles. The van der Waals surface area contributed by atoms with Crippen LogP contribution in [-0.2, 0) is 30.5 Å². The van der Waals surface area contributed by atoms with Gasteiger partial charge in [-0.1, -0.05) is 44.2 Å². The van der Waals surface area contributed by atoms with Gasteiger partial charge in [0, 0.05) is 0 Å². The van der Waals surface area contributed by atoms with Gasteiger partial charge in [0.2, 0.25) is 11.8 Å². The van der Waals surface area contributed by atoms with Crippen molar-refractivity contribution in [2.75, 3.05) is 6.61 Å². The molecule has 4 N–H and O–H groups in total. The molecule has 0 unspecified atom stereocenters. The summed E-state index contributed by atoms with van der Waals surface area (Å²) in [5.74, 6) is -1.99. The standard InChI is InChI=1S/C20H29N3O6/c1-4-28-19(26)16(10-13(2)3)22-18(25)15(11-17(21)24)23-20(27)29-12-14-8-6-5-7-9-14/h5-9,13,15-16H,4,10-12H2,1-3H3,(H2,21,24)(H,22,25)(H,23,27)/t15-,16-/m0/s1. The van der Waals surface area contributed by atoms with E-state index in [0.29, 0.717) is 6.42 Å². The molecule has 0 fully saturated rings. The van der Waals surface area contributed by atoms with Gasteiger partial charge in [-0.2, -0.15) is 0 Å². The van der Waals surface area contributed by atoms with Crippen molar-refractivity contribution in [3.05, 3.63) is 35.9 Å². The van der Waals surface area contributed by atoms with Crippen LogP contribution in [0.4, 0.5) is 4.79 Å². The summed E-state index contributed by atoms with van der Waals surface area (Å²) in [6, 6.07) is 6.79. The Kier molecular flexibility index (Phi) is 10.2. The molecule has 9 heteroatoms. The zero-order chi connectivity index (χ0) is 21.8. The maximum atomic E-state index is 12.6. The molecule has 29 heavy (non-hydrogen) atoms. The van der Waals surface area contributed by atoms with Gasteiger partial charge in [0.1, 0.15) is 18.7 Å². The van der Waals surface area contributed by atoms with Crippen LogP contribution >= 0.6 is 0 Å². The fraction of sp³-hybridized carbons (Fsp3) is 0.500. The summed E-state index contributed by atoms with van der Waals surface area (Å²) in [5.41, 5.74) is 5.95. The summed E-state index contributed by atoms with van der Waals surface area (Å²) in [4.78, 5) is 48.1. The Labute approximate surface area is 170 Å². The smallest absolute Gasteiger partial charge is 0.408 e. The highest BCUT2D eigenvalue weighted by molar-refractivity contribution is 5.92. The maximum Gasteiger partial charge on any atom is 0.408 e. The third-order valence-corrected chi connectivity index (χ3v) is 3.82. The van der Waals surface area contributed by atoms with Crippen LogP contribution in [0.2, 0.25) is 0 Å². The lowest BCUT2D eigenvalue weighted by Crippen LogP contribution is -2.53. The number of nitrogens with one attached hydrogen (secondary N) is 2. The lowest BCUT2D eigenvalue weighted by molar-refractivity contribution is -0.148. The van der Waals surface area contributed by atoms with E-state index < -0.39 is 42.4 Å². The number of nitrogens with two attached hydrogens (primary N) is 1. The van der Waals surface area contributed by atoms with Crippen molar-refractivity contribution >= 4 is 23.9 Å². The van der Waals surface area contributed by atoms with E-state index in [2.05, 4.69) is 10.6 Å². The van der Waals surface area contributed by atoms with Crippen LogP contribution in [0, 0.1) is 5.92 Å². The van der Waals surface area contributed by atoms with E-state index in [1.165, 1.54) is 0 Å². The second-order valence-corrected chi connectivity index (χ2v) is 6.87. The van der Waals surface area contributed by atoms with Crippen LogP contribution in [0.15, 0.2) is 30.3 Å². The lowest BCUT2D eigenvalue weighted by atomic mass is 10.0. The lowest BCUT2D eigenvalue weighted by Gasteiger charge is -2.22. The van der Waals surface area contributed by atoms with Crippen molar-refractivity contribution in [3.8, 4) is 0 Å².